The summed E-state index contributed by atoms with van der Waals surface area (Å²) in [5.74, 6) is 0. The second kappa shape index (κ2) is 5.87. The molecule has 1 aromatic carbocycles. The fourth-order valence-corrected chi connectivity index (χ4v) is 4.93. The zero-order chi connectivity index (χ0) is 14.0. The Morgan fingerprint density at radius 3 is 1.95 bits per heavy atom. The van der Waals surface area contributed by atoms with Crippen molar-refractivity contribution in [2.75, 3.05) is 18.8 Å². The third-order valence-corrected chi connectivity index (χ3v) is 6.00. The third kappa shape index (κ3) is 3.16. The van der Waals surface area contributed by atoms with E-state index in [1.54, 1.807) is 0 Å². The molecule has 0 radical (unpaired) electrons. The maximum atomic E-state index is 12.6. The Bertz CT molecular complexity index is 544. The molecule has 0 aliphatic carbocycles. The first-order chi connectivity index (χ1) is 8.93. The van der Waals surface area contributed by atoms with Crippen LogP contribution < -0.4 is 5.73 Å². The van der Waals surface area contributed by atoms with Crippen molar-refractivity contribution in [1.29, 1.82) is 0 Å². The number of benzene rings is 1. The number of hydrogen-bond donors (Lipinski definition) is 1. The summed E-state index contributed by atoms with van der Waals surface area (Å²) >= 11 is 12.0. The number of anilines is 1. The molecule has 0 bridgehead atoms. The van der Waals surface area contributed by atoms with Gasteiger partial charge in [0.1, 0.15) is 4.90 Å². The van der Waals surface area contributed by atoms with E-state index in [2.05, 4.69) is 0 Å². The minimum absolute atomic E-state index is 0.0352. The van der Waals surface area contributed by atoms with E-state index in [1.807, 2.05) is 0 Å². The molecule has 0 unspecified atom stereocenters. The van der Waals surface area contributed by atoms with Gasteiger partial charge < -0.3 is 5.73 Å². The molecular formula is C12H16Cl2N2O2S. The first-order valence-corrected chi connectivity index (χ1v) is 8.37. The van der Waals surface area contributed by atoms with Crippen LogP contribution in [0.4, 0.5) is 5.69 Å². The lowest BCUT2D eigenvalue weighted by atomic mass is 10.2. The van der Waals surface area contributed by atoms with E-state index in [-0.39, 0.29) is 14.9 Å². The number of rotatable bonds is 2. The second-order valence-electron chi connectivity index (χ2n) is 4.63. The maximum absolute atomic E-state index is 12.6. The first kappa shape index (κ1) is 14.9. The average Bonchev–Trinajstić information content (AvgIpc) is 2.55. The predicted molar refractivity (Wildman–Crippen MR) is 78.1 cm³/mol. The van der Waals surface area contributed by atoms with E-state index in [1.165, 1.54) is 16.4 Å². The summed E-state index contributed by atoms with van der Waals surface area (Å²) < 4.78 is 26.7. The van der Waals surface area contributed by atoms with Crippen LogP contribution in [0.3, 0.4) is 0 Å². The molecule has 2 N–H and O–H groups in total. The summed E-state index contributed by atoms with van der Waals surface area (Å²) in [5, 5.41) is 0.156. The van der Waals surface area contributed by atoms with E-state index in [4.69, 9.17) is 28.9 Å². The van der Waals surface area contributed by atoms with Gasteiger partial charge in [-0.25, -0.2) is 8.42 Å². The molecule has 7 heteroatoms. The van der Waals surface area contributed by atoms with Crippen molar-refractivity contribution >= 4 is 38.9 Å². The van der Waals surface area contributed by atoms with Crippen molar-refractivity contribution in [1.82, 2.24) is 4.31 Å². The maximum Gasteiger partial charge on any atom is 0.246 e. The highest BCUT2D eigenvalue weighted by atomic mass is 35.5. The topological polar surface area (TPSA) is 63.4 Å². The first-order valence-electron chi connectivity index (χ1n) is 6.17. The van der Waals surface area contributed by atoms with Gasteiger partial charge in [0.2, 0.25) is 10.0 Å². The molecule has 1 fully saturated rings. The summed E-state index contributed by atoms with van der Waals surface area (Å²) in [4.78, 5) is -0.0352. The molecule has 1 aliphatic rings. The SMILES string of the molecule is Nc1cc(Cl)c(S(=O)(=O)N2CCCCCC2)c(Cl)c1. The summed E-state index contributed by atoms with van der Waals surface area (Å²) in [5.41, 5.74) is 5.95. The molecule has 106 valence electrons. The minimum atomic E-state index is -3.65. The lowest BCUT2D eigenvalue weighted by Crippen LogP contribution is -2.32. The molecular weight excluding hydrogens is 307 g/mol. The summed E-state index contributed by atoms with van der Waals surface area (Å²) in [6.07, 6.45) is 3.83. The van der Waals surface area contributed by atoms with Crippen LogP contribution in [0.15, 0.2) is 17.0 Å². The monoisotopic (exact) mass is 322 g/mol. The van der Waals surface area contributed by atoms with Crippen LogP contribution in [-0.2, 0) is 10.0 Å². The molecule has 0 spiro atoms. The molecule has 0 aromatic heterocycles. The highest BCUT2D eigenvalue weighted by molar-refractivity contribution is 7.89. The van der Waals surface area contributed by atoms with Crippen molar-refractivity contribution in [3.8, 4) is 0 Å². The number of halogens is 2. The molecule has 2 rings (SSSR count). The number of sulfonamides is 1. The zero-order valence-corrected chi connectivity index (χ0v) is 12.7. The van der Waals surface area contributed by atoms with Crippen LogP contribution in [0.25, 0.3) is 0 Å². The molecule has 1 aliphatic heterocycles. The van der Waals surface area contributed by atoms with Gasteiger partial charge >= 0.3 is 0 Å². The lowest BCUT2D eigenvalue weighted by molar-refractivity contribution is 0.424. The van der Waals surface area contributed by atoms with Gasteiger partial charge in [-0.05, 0) is 25.0 Å². The highest BCUT2D eigenvalue weighted by Gasteiger charge is 2.29. The Morgan fingerprint density at radius 2 is 1.47 bits per heavy atom. The molecule has 4 nitrogen and oxygen atoms in total. The number of nitrogens with two attached hydrogens (primary N) is 1. The normalized spacial score (nSPS) is 18.2. The van der Waals surface area contributed by atoms with E-state index in [9.17, 15) is 8.42 Å². The fraction of sp³-hybridized carbons (Fsp3) is 0.500. The van der Waals surface area contributed by atoms with Crippen LogP contribution in [-0.4, -0.2) is 25.8 Å². The summed E-state index contributed by atoms with van der Waals surface area (Å²) in [7, 11) is -3.65. The number of hydrogen-bond acceptors (Lipinski definition) is 3. The van der Waals surface area contributed by atoms with E-state index in [0.29, 0.717) is 18.8 Å². The Hall–Kier alpha value is -0.490. The number of nitrogens with zero attached hydrogens (tertiary/aromatic N) is 1. The largest absolute Gasteiger partial charge is 0.399 e. The van der Waals surface area contributed by atoms with Crippen molar-refractivity contribution < 1.29 is 8.42 Å². The average molecular weight is 323 g/mol. The van der Waals surface area contributed by atoms with Gasteiger partial charge in [0.05, 0.1) is 10.0 Å². The summed E-state index contributed by atoms with van der Waals surface area (Å²) in [6, 6.07) is 2.83. The van der Waals surface area contributed by atoms with E-state index >= 15 is 0 Å². The molecule has 1 aromatic rings. The van der Waals surface area contributed by atoms with Crippen LogP contribution >= 0.6 is 23.2 Å². The molecule has 0 amide bonds. The van der Waals surface area contributed by atoms with Gasteiger partial charge in [-0.15, -0.1) is 0 Å². The van der Waals surface area contributed by atoms with Crippen molar-refractivity contribution in [3.05, 3.63) is 22.2 Å². The van der Waals surface area contributed by atoms with Crippen molar-refractivity contribution in [2.45, 2.75) is 30.6 Å². The van der Waals surface area contributed by atoms with Gasteiger partial charge in [-0.1, -0.05) is 36.0 Å². The molecule has 1 heterocycles. The Morgan fingerprint density at radius 1 is 1.00 bits per heavy atom. The fourth-order valence-electron chi connectivity index (χ4n) is 2.24. The lowest BCUT2D eigenvalue weighted by Gasteiger charge is -2.21. The minimum Gasteiger partial charge on any atom is -0.399 e. The van der Waals surface area contributed by atoms with Gasteiger partial charge in [-0.3, -0.25) is 0 Å². The summed E-state index contributed by atoms with van der Waals surface area (Å²) in [6.45, 7) is 1.03. The van der Waals surface area contributed by atoms with Crippen LogP contribution in [0.1, 0.15) is 25.7 Å². The van der Waals surface area contributed by atoms with Crippen LogP contribution in [0, 0.1) is 0 Å². The van der Waals surface area contributed by atoms with Gasteiger partial charge in [-0.2, -0.15) is 4.31 Å². The van der Waals surface area contributed by atoms with Crippen molar-refractivity contribution in [3.63, 3.8) is 0 Å². The van der Waals surface area contributed by atoms with Crippen LogP contribution in [0.5, 0.6) is 0 Å². The van der Waals surface area contributed by atoms with Gasteiger partial charge in [0.15, 0.2) is 0 Å². The number of nitrogen functional groups attached to an aromatic ring is 1. The quantitative estimate of drug-likeness (QED) is 0.851. The standard InChI is InChI=1S/C12H16Cl2N2O2S/c13-10-7-9(15)8-11(14)12(10)19(17,18)16-5-3-1-2-4-6-16/h7-8H,1-6,15H2. The van der Waals surface area contributed by atoms with Gasteiger partial charge in [0.25, 0.3) is 0 Å². The van der Waals surface area contributed by atoms with E-state index in [0.717, 1.165) is 25.7 Å². The molecule has 0 atom stereocenters. The molecule has 0 saturated carbocycles. The Labute approximate surface area is 123 Å². The van der Waals surface area contributed by atoms with Crippen molar-refractivity contribution in [2.24, 2.45) is 0 Å². The zero-order valence-electron chi connectivity index (χ0n) is 10.4. The second-order valence-corrected chi connectivity index (χ2v) is 7.32. The smallest absolute Gasteiger partial charge is 0.246 e. The van der Waals surface area contributed by atoms with Crippen LogP contribution in [0.2, 0.25) is 10.0 Å². The Kier molecular flexibility index (Phi) is 4.61. The highest BCUT2D eigenvalue weighted by Crippen LogP contribution is 2.34. The van der Waals surface area contributed by atoms with Gasteiger partial charge in [0, 0.05) is 18.8 Å². The predicted octanol–water partition coefficient (Wildman–Crippen LogP) is 3.14. The third-order valence-electron chi connectivity index (χ3n) is 3.18. The Balaban J connectivity index is 2.44. The molecule has 19 heavy (non-hydrogen) atoms. The van der Waals surface area contributed by atoms with E-state index < -0.39 is 10.0 Å². The molecule has 1 saturated heterocycles.